The fourth-order valence-corrected chi connectivity index (χ4v) is 9.59. The van der Waals surface area contributed by atoms with Crippen LogP contribution in [-0.2, 0) is 29.1 Å². The lowest BCUT2D eigenvalue weighted by atomic mass is 9.90. The molecule has 2 fully saturated rings. The van der Waals surface area contributed by atoms with Crippen molar-refractivity contribution in [3.63, 3.8) is 0 Å². The maximum Gasteiger partial charge on any atom is 0.278 e. The number of anilines is 4. The summed E-state index contributed by atoms with van der Waals surface area (Å²) in [6.07, 6.45) is 8.59. The average molecular weight is 891 g/mol. The third kappa shape index (κ3) is 8.17. The molecule has 4 aromatic heterocycles. The number of fused-ring (bicyclic) bond motifs is 3. The van der Waals surface area contributed by atoms with Gasteiger partial charge in [0.25, 0.3) is 11.5 Å². The maximum atomic E-state index is 13.5. The molecule has 2 saturated heterocycles. The van der Waals surface area contributed by atoms with Gasteiger partial charge in [-0.1, -0.05) is 36.7 Å². The second-order valence-electron chi connectivity index (χ2n) is 16.9. The Hall–Kier alpha value is -7.10. The molecule has 3 aromatic carbocycles. The molecular formula is C49H47ClN10O5. The Bertz CT molecular complexity index is 3080. The number of nitrogens with zero attached hydrogens (tertiary/aromatic N) is 7. The number of nitrogens with one attached hydrogen (secondary N) is 3. The number of aromatic nitrogens is 5. The van der Waals surface area contributed by atoms with Crippen LogP contribution in [0, 0.1) is 0 Å². The first-order chi connectivity index (χ1) is 31.6. The van der Waals surface area contributed by atoms with E-state index in [0.29, 0.717) is 81.0 Å². The molecule has 65 heavy (non-hydrogen) atoms. The van der Waals surface area contributed by atoms with Gasteiger partial charge in [0.15, 0.2) is 11.5 Å². The van der Waals surface area contributed by atoms with Gasteiger partial charge in [0, 0.05) is 95.6 Å². The lowest BCUT2D eigenvalue weighted by molar-refractivity contribution is -0.134. The predicted molar refractivity (Wildman–Crippen MR) is 250 cm³/mol. The van der Waals surface area contributed by atoms with Crippen LogP contribution in [0.25, 0.3) is 27.8 Å². The van der Waals surface area contributed by atoms with E-state index in [1.54, 1.807) is 58.2 Å². The lowest BCUT2D eigenvalue weighted by Crippen LogP contribution is -2.46. The number of pyridine rings is 1. The van der Waals surface area contributed by atoms with Gasteiger partial charge in [-0.2, -0.15) is 4.98 Å². The van der Waals surface area contributed by atoms with E-state index in [1.807, 2.05) is 24.3 Å². The second-order valence-corrected chi connectivity index (χ2v) is 17.3. The van der Waals surface area contributed by atoms with Crippen LogP contribution in [0.4, 0.5) is 23.0 Å². The minimum Gasteiger partial charge on any atom is -0.464 e. The van der Waals surface area contributed by atoms with Crippen LogP contribution < -0.4 is 26.4 Å². The van der Waals surface area contributed by atoms with Gasteiger partial charge < -0.3 is 20.0 Å². The number of amides is 3. The van der Waals surface area contributed by atoms with Crippen LogP contribution >= 0.6 is 11.6 Å². The smallest absolute Gasteiger partial charge is 0.278 e. The maximum absolute atomic E-state index is 13.5. The van der Waals surface area contributed by atoms with Gasteiger partial charge in [0.2, 0.25) is 17.8 Å². The molecule has 3 amide bonds. The van der Waals surface area contributed by atoms with E-state index < -0.39 is 5.92 Å². The van der Waals surface area contributed by atoms with E-state index in [4.69, 9.17) is 26.0 Å². The number of rotatable bonds is 12. The van der Waals surface area contributed by atoms with Gasteiger partial charge in [-0.25, -0.2) is 19.3 Å². The lowest BCUT2D eigenvalue weighted by Gasteiger charge is -2.36. The first-order valence-corrected chi connectivity index (χ1v) is 22.4. The second kappa shape index (κ2) is 17.5. The first kappa shape index (κ1) is 41.9. The molecule has 0 spiro atoms. The van der Waals surface area contributed by atoms with Crippen molar-refractivity contribution in [1.82, 2.24) is 34.5 Å². The number of hydrogen-bond acceptors (Lipinski definition) is 11. The van der Waals surface area contributed by atoms with E-state index in [0.717, 1.165) is 68.1 Å². The Balaban J connectivity index is 0.759. The summed E-state index contributed by atoms with van der Waals surface area (Å²) in [4.78, 5) is 70.2. The zero-order valence-electron chi connectivity index (χ0n) is 35.8. The zero-order valence-corrected chi connectivity index (χ0v) is 36.6. The molecule has 1 aliphatic carbocycles. The Morgan fingerprint density at radius 3 is 2.52 bits per heavy atom. The van der Waals surface area contributed by atoms with Gasteiger partial charge in [0.1, 0.15) is 11.0 Å². The number of benzene rings is 3. The quantitative estimate of drug-likeness (QED) is 0.0806. The SMILES string of the molecule is C=CCn1c(=O)c2cnc(Nc3ccc(N4CCN(Cc5ccc(C(=O)Nc6ccc7occ(C8CCC(=O)NC8=O)c7c6)cc5Cl)CC4)cc3)nc2n1-c1ccc2c(n1)C(CC)CC2. The number of allylic oxidation sites excluding steroid dienone is 1. The van der Waals surface area contributed by atoms with Crippen molar-refractivity contribution < 1.29 is 18.8 Å². The number of piperidine rings is 1. The monoisotopic (exact) mass is 890 g/mol. The summed E-state index contributed by atoms with van der Waals surface area (Å²) in [6, 6.07) is 22.9. The van der Waals surface area contributed by atoms with Crippen molar-refractivity contribution in [2.75, 3.05) is 41.7 Å². The zero-order chi connectivity index (χ0) is 44.8. The molecule has 2 atom stereocenters. The van der Waals surface area contributed by atoms with E-state index >= 15 is 0 Å². The highest BCUT2D eigenvalue weighted by molar-refractivity contribution is 6.31. The van der Waals surface area contributed by atoms with Crippen LogP contribution in [-0.4, -0.2) is 73.1 Å². The van der Waals surface area contributed by atoms with E-state index in [1.165, 1.54) is 5.56 Å². The summed E-state index contributed by atoms with van der Waals surface area (Å²) in [6.45, 7) is 10.3. The Labute approximate surface area is 379 Å². The van der Waals surface area contributed by atoms with Gasteiger partial charge in [-0.05, 0) is 97.5 Å². The molecule has 7 aromatic rings. The number of hydrogen-bond donors (Lipinski definition) is 3. The predicted octanol–water partition coefficient (Wildman–Crippen LogP) is 7.84. The van der Waals surface area contributed by atoms with E-state index in [9.17, 15) is 19.2 Å². The molecule has 10 rings (SSSR count). The molecule has 0 saturated carbocycles. The molecule has 330 valence electrons. The molecule has 3 N–H and O–H groups in total. The van der Waals surface area contributed by atoms with Crippen LogP contribution in [0.15, 0.2) is 107 Å². The molecule has 2 unspecified atom stereocenters. The molecule has 2 aliphatic heterocycles. The van der Waals surface area contributed by atoms with Crippen molar-refractivity contribution in [2.24, 2.45) is 0 Å². The van der Waals surface area contributed by atoms with Crippen LogP contribution in [0.1, 0.15) is 77.2 Å². The normalized spacial score (nSPS) is 17.7. The van der Waals surface area contributed by atoms with Crippen molar-refractivity contribution >= 4 is 74.3 Å². The van der Waals surface area contributed by atoms with Gasteiger partial charge >= 0.3 is 0 Å². The Morgan fingerprint density at radius 2 is 1.75 bits per heavy atom. The van der Waals surface area contributed by atoms with Gasteiger partial charge in [-0.3, -0.25) is 29.4 Å². The fraction of sp³-hybridized carbons (Fsp3) is 0.286. The summed E-state index contributed by atoms with van der Waals surface area (Å²) in [5.74, 6) is -0.0201. The number of imide groups is 1. The molecule has 0 bridgehead atoms. The van der Waals surface area contributed by atoms with Crippen molar-refractivity contribution in [3.05, 3.63) is 141 Å². The van der Waals surface area contributed by atoms with E-state index in [-0.39, 0.29) is 29.7 Å². The highest BCUT2D eigenvalue weighted by atomic mass is 35.5. The molecular weight excluding hydrogens is 844 g/mol. The van der Waals surface area contributed by atoms with Gasteiger partial charge in [0.05, 0.1) is 18.7 Å². The van der Waals surface area contributed by atoms with Gasteiger partial charge in [-0.15, -0.1) is 6.58 Å². The minimum atomic E-state index is -0.506. The first-order valence-electron chi connectivity index (χ1n) is 22.0. The minimum absolute atomic E-state index is 0.196. The number of halogens is 1. The topological polar surface area (TPSA) is 173 Å². The number of aryl methyl sites for hydroxylation is 1. The fourth-order valence-electron chi connectivity index (χ4n) is 9.34. The number of carbonyl (C=O) groups excluding carboxylic acids is 3. The summed E-state index contributed by atoms with van der Waals surface area (Å²) in [5, 5.41) is 10.3. The highest BCUT2D eigenvalue weighted by Gasteiger charge is 2.31. The molecule has 16 heteroatoms. The van der Waals surface area contributed by atoms with E-state index in [2.05, 4.69) is 62.4 Å². The number of carbonyl (C=O) groups is 3. The largest absolute Gasteiger partial charge is 0.464 e. The number of furan rings is 1. The Morgan fingerprint density at radius 1 is 0.938 bits per heavy atom. The summed E-state index contributed by atoms with van der Waals surface area (Å²) in [7, 11) is 0. The summed E-state index contributed by atoms with van der Waals surface area (Å²) >= 11 is 6.77. The van der Waals surface area contributed by atoms with Crippen molar-refractivity contribution in [3.8, 4) is 5.82 Å². The molecule has 0 radical (unpaired) electrons. The standard InChI is InChI=1S/C49H47ClN10O5/c1-3-19-59-48(64)38-26-51-49(56-45(38)60(59)42-17-9-30-6-5-29(4-2)44(30)54-42)53-33-10-13-35(14-11-33)58-22-20-57(21-23-58)27-32-8-7-31(24-40(32)50)46(62)52-34-12-16-41-37(25-34)39(28-65-41)36-15-18-43(61)55-47(36)63/h3,7-14,16-17,24-26,28-29,36H,1,4-6,15,18-23,27H2,2H3,(H,52,62)(H,51,53,56)(H,55,61,63). The average Bonchev–Trinajstić information content (AvgIpc) is 4.00. The molecule has 3 aliphatic rings. The molecule has 6 heterocycles. The molecule has 15 nitrogen and oxygen atoms in total. The van der Waals surface area contributed by atoms with Crippen LogP contribution in [0.2, 0.25) is 5.02 Å². The van der Waals surface area contributed by atoms with Crippen LogP contribution in [0.5, 0.6) is 0 Å². The Kier molecular flexibility index (Phi) is 11.3. The third-order valence-electron chi connectivity index (χ3n) is 12.9. The summed E-state index contributed by atoms with van der Waals surface area (Å²) < 4.78 is 9.09. The van der Waals surface area contributed by atoms with Crippen molar-refractivity contribution in [2.45, 2.75) is 64.0 Å². The summed E-state index contributed by atoms with van der Waals surface area (Å²) in [5.41, 5.74) is 7.74. The number of piperazine rings is 1. The van der Waals surface area contributed by atoms with Crippen molar-refractivity contribution in [1.29, 1.82) is 0 Å². The highest BCUT2D eigenvalue weighted by Crippen LogP contribution is 2.36. The van der Waals surface area contributed by atoms with Crippen LogP contribution in [0.3, 0.4) is 0 Å². The third-order valence-corrected chi connectivity index (χ3v) is 13.2.